The third-order valence-electron chi connectivity index (χ3n) is 5.97. The Morgan fingerprint density at radius 3 is 2.02 bits per heavy atom. The number of ether oxygens (including phenoxy) is 2. The highest BCUT2D eigenvalue weighted by Crippen LogP contribution is 2.32. The minimum Gasteiger partial charge on any atom is -0.484 e. The lowest BCUT2D eigenvalue weighted by molar-refractivity contribution is -0.140. The standard InChI is InChI=1S/C26H29F6NOS.C6H11NO3/c1-16(2)12-22(13-17(3)19(5)20-7-9-21(10-8-20)26(30,31)32)34-23(14-33-15-25(27,28)29)24-11-6-18(4)35-24;1-5(8)7-4-3-6(9)10-2/h6-13,23,33H,14-15H2,1-5H3;3-4H2,1-2H3,(H,7,8)/b19-17+,22-13+;. The summed E-state index contributed by atoms with van der Waals surface area (Å²) in [5.74, 6) is -0.00345. The molecule has 1 aromatic carbocycles. The van der Waals surface area contributed by atoms with Crippen molar-refractivity contribution in [3.05, 3.63) is 86.3 Å². The van der Waals surface area contributed by atoms with Gasteiger partial charge in [0.25, 0.3) is 0 Å². The van der Waals surface area contributed by atoms with E-state index < -0.39 is 30.6 Å². The molecule has 0 aliphatic carbocycles. The second kappa shape index (κ2) is 18.4. The molecule has 1 amide bonds. The molecule has 0 bridgehead atoms. The highest BCUT2D eigenvalue weighted by Gasteiger charge is 2.30. The molecule has 1 aromatic heterocycles. The van der Waals surface area contributed by atoms with Gasteiger partial charge in [0, 0.05) is 29.8 Å². The average Bonchev–Trinajstić information content (AvgIpc) is 3.36. The van der Waals surface area contributed by atoms with E-state index in [-0.39, 0.29) is 24.8 Å². The monoisotopic (exact) mass is 662 g/mol. The molecule has 6 nitrogen and oxygen atoms in total. The van der Waals surface area contributed by atoms with E-state index in [1.54, 1.807) is 26.0 Å². The summed E-state index contributed by atoms with van der Waals surface area (Å²) in [7, 11) is 1.32. The van der Waals surface area contributed by atoms with Crippen molar-refractivity contribution in [3.8, 4) is 0 Å². The molecule has 45 heavy (non-hydrogen) atoms. The first kappa shape index (κ1) is 39.4. The van der Waals surface area contributed by atoms with Crippen LogP contribution in [-0.4, -0.2) is 44.8 Å². The molecular weight excluding hydrogens is 622 g/mol. The van der Waals surface area contributed by atoms with Gasteiger partial charge in [0.2, 0.25) is 5.91 Å². The van der Waals surface area contributed by atoms with Crippen LogP contribution in [0.2, 0.25) is 0 Å². The molecule has 0 saturated heterocycles. The normalized spacial score (nSPS) is 13.1. The number of alkyl halides is 6. The number of allylic oxidation sites excluding steroid dienone is 5. The van der Waals surface area contributed by atoms with Gasteiger partial charge < -0.3 is 20.1 Å². The maximum Gasteiger partial charge on any atom is 0.416 e. The number of benzene rings is 1. The zero-order valence-corrected chi connectivity index (χ0v) is 27.2. The zero-order valence-electron chi connectivity index (χ0n) is 26.3. The first-order valence-corrected chi connectivity index (χ1v) is 14.7. The summed E-state index contributed by atoms with van der Waals surface area (Å²) < 4.78 is 87.2. The van der Waals surface area contributed by atoms with Crippen LogP contribution in [0.15, 0.2) is 65.5 Å². The summed E-state index contributed by atoms with van der Waals surface area (Å²) in [5.41, 5.74) is 2.32. The van der Waals surface area contributed by atoms with Crippen LogP contribution in [0.25, 0.3) is 5.57 Å². The number of carbonyl (C=O) groups excluding carboxylic acids is 2. The lowest BCUT2D eigenvalue weighted by Gasteiger charge is -2.21. The quantitative estimate of drug-likeness (QED) is 0.104. The molecule has 250 valence electrons. The smallest absolute Gasteiger partial charge is 0.416 e. The Labute approximate surface area is 264 Å². The molecule has 0 aliphatic rings. The van der Waals surface area contributed by atoms with Crippen LogP contribution >= 0.6 is 11.3 Å². The number of aryl methyl sites for hydroxylation is 1. The summed E-state index contributed by atoms with van der Waals surface area (Å²) in [4.78, 5) is 22.5. The van der Waals surface area contributed by atoms with Crippen LogP contribution in [0.3, 0.4) is 0 Å². The molecule has 2 N–H and O–H groups in total. The Morgan fingerprint density at radius 2 is 1.56 bits per heavy atom. The summed E-state index contributed by atoms with van der Waals surface area (Å²) in [6, 6.07) is 8.60. The fourth-order valence-corrected chi connectivity index (χ4v) is 4.54. The van der Waals surface area contributed by atoms with Gasteiger partial charge in [-0.1, -0.05) is 17.7 Å². The highest BCUT2D eigenvalue weighted by molar-refractivity contribution is 7.12. The second-order valence-electron chi connectivity index (χ2n) is 10.3. The Morgan fingerprint density at radius 1 is 0.933 bits per heavy atom. The van der Waals surface area contributed by atoms with Gasteiger partial charge in [-0.3, -0.25) is 9.59 Å². The molecular formula is C32H40F6N2O4S. The second-order valence-corrected chi connectivity index (χ2v) is 11.6. The third kappa shape index (κ3) is 16.3. The molecule has 1 heterocycles. The van der Waals surface area contributed by atoms with Crippen molar-refractivity contribution in [1.82, 2.24) is 10.6 Å². The van der Waals surface area contributed by atoms with Gasteiger partial charge in [0.05, 0.1) is 25.6 Å². The van der Waals surface area contributed by atoms with E-state index in [1.807, 2.05) is 32.9 Å². The van der Waals surface area contributed by atoms with E-state index in [2.05, 4.69) is 15.4 Å². The molecule has 0 spiro atoms. The van der Waals surface area contributed by atoms with Gasteiger partial charge in [0.1, 0.15) is 11.9 Å². The van der Waals surface area contributed by atoms with Crippen LogP contribution in [0.4, 0.5) is 26.3 Å². The molecule has 0 saturated carbocycles. The molecule has 13 heteroatoms. The zero-order chi connectivity index (χ0) is 34.4. The van der Waals surface area contributed by atoms with Crippen LogP contribution in [0.1, 0.15) is 68.0 Å². The minimum absolute atomic E-state index is 0.0476. The van der Waals surface area contributed by atoms with Crippen molar-refractivity contribution < 1.29 is 45.4 Å². The minimum atomic E-state index is -4.41. The Kier molecular flexibility index (Phi) is 16.1. The van der Waals surface area contributed by atoms with Crippen molar-refractivity contribution in [2.45, 2.75) is 66.4 Å². The van der Waals surface area contributed by atoms with Crippen LogP contribution < -0.4 is 10.6 Å². The number of nitrogens with one attached hydrogen (secondary N) is 2. The van der Waals surface area contributed by atoms with E-state index in [0.29, 0.717) is 17.9 Å². The Bertz CT molecular complexity index is 1340. The number of hydrogen-bond acceptors (Lipinski definition) is 6. The van der Waals surface area contributed by atoms with E-state index in [4.69, 9.17) is 4.74 Å². The van der Waals surface area contributed by atoms with Crippen LogP contribution in [-0.2, 0) is 25.2 Å². The summed E-state index contributed by atoms with van der Waals surface area (Å²) in [6.45, 7) is 9.80. The van der Waals surface area contributed by atoms with E-state index in [0.717, 1.165) is 38.6 Å². The van der Waals surface area contributed by atoms with Crippen molar-refractivity contribution >= 4 is 28.8 Å². The number of methoxy groups -OCH3 is 1. The molecule has 2 aromatic rings. The fourth-order valence-electron chi connectivity index (χ4n) is 3.63. The number of amides is 1. The van der Waals surface area contributed by atoms with Gasteiger partial charge in [0.15, 0.2) is 0 Å². The molecule has 1 atom stereocenters. The topological polar surface area (TPSA) is 76.7 Å². The van der Waals surface area contributed by atoms with E-state index in [1.165, 1.54) is 37.5 Å². The number of esters is 1. The number of thiophene rings is 1. The maximum atomic E-state index is 12.9. The maximum absolute atomic E-state index is 12.9. The molecule has 2 rings (SSSR count). The molecule has 0 fully saturated rings. The van der Waals surface area contributed by atoms with Crippen molar-refractivity contribution in [2.24, 2.45) is 0 Å². The Hall–Kier alpha value is -3.58. The summed E-state index contributed by atoms with van der Waals surface area (Å²) >= 11 is 1.44. The highest BCUT2D eigenvalue weighted by atomic mass is 32.1. The van der Waals surface area contributed by atoms with Crippen LogP contribution in [0, 0.1) is 6.92 Å². The van der Waals surface area contributed by atoms with Gasteiger partial charge in [-0.05, 0) is 87.7 Å². The lowest BCUT2D eigenvalue weighted by Crippen LogP contribution is -2.32. The summed E-state index contributed by atoms with van der Waals surface area (Å²) in [6.07, 6.45) is -5.65. The first-order chi connectivity index (χ1) is 20.8. The molecule has 0 aliphatic heterocycles. The predicted octanol–water partition coefficient (Wildman–Crippen LogP) is 8.31. The average molecular weight is 663 g/mol. The molecule has 0 radical (unpaired) electrons. The molecule has 1 unspecified atom stereocenters. The van der Waals surface area contributed by atoms with E-state index in [9.17, 15) is 35.9 Å². The fraction of sp³-hybridized carbons (Fsp3) is 0.438. The van der Waals surface area contributed by atoms with Crippen molar-refractivity contribution in [2.75, 3.05) is 26.7 Å². The number of rotatable bonds is 12. The Balaban J connectivity index is 0.000000868. The van der Waals surface area contributed by atoms with Crippen molar-refractivity contribution in [3.63, 3.8) is 0 Å². The first-order valence-electron chi connectivity index (χ1n) is 13.9. The van der Waals surface area contributed by atoms with Gasteiger partial charge in [-0.15, -0.1) is 11.3 Å². The third-order valence-corrected chi connectivity index (χ3v) is 7.06. The van der Waals surface area contributed by atoms with Crippen molar-refractivity contribution in [1.29, 1.82) is 0 Å². The van der Waals surface area contributed by atoms with Gasteiger partial charge in [-0.25, -0.2) is 0 Å². The van der Waals surface area contributed by atoms with Crippen LogP contribution in [0.5, 0.6) is 0 Å². The number of halogens is 6. The lowest BCUT2D eigenvalue weighted by atomic mass is 10.00. The summed E-state index contributed by atoms with van der Waals surface area (Å²) in [5, 5.41) is 4.89. The largest absolute Gasteiger partial charge is 0.484 e. The number of hydrogen-bond donors (Lipinski definition) is 2. The van der Waals surface area contributed by atoms with Gasteiger partial charge in [-0.2, -0.15) is 26.3 Å². The van der Waals surface area contributed by atoms with Gasteiger partial charge >= 0.3 is 18.3 Å². The predicted molar refractivity (Wildman–Crippen MR) is 164 cm³/mol. The number of carbonyl (C=O) groups is 2. The van der Waals surface area contributed by atoms with E-state index >= 15 is 0 Å². The SMILES string of the molecule is CC(C)=C/C(=C\C(C)=C(/C)c1ccc(C(F)(F)F)cc1)OC(CNCC(F)(F)F)c1ccc(C)s1.COC(=O)CCNC(C)=O.